The van der Waals surface area contributed by atoms with Crippen molar-refractivity contribution >= 4 is 23.2 Å². The molecule has 0 unspecified atom stereocenters. The molecule has 2 aromatic rings. The molecule has 3 rings (SSSR count). The number of aromatic amines is 1. The number of benzene rings is 1. The van der Waals surface area contributed by atoms with Crippen LogP contribution >= 0.6 is 0 Å². The summed E-state index contributed by atoms with van der Waals surface area (Å²) in [6.45, 7) is 0. The molecule has 0 bridgehead atoms. The van der Waals surface area contributed by atoms with Gasteiger partial charge in [0.05, 0.1) is 11.9 Å². The first kappa shape index (κ1) is 13.4. The Hall–Kier alpha value is -2.63. The summed E-state index contributed by atoms with van der Waals surface area (Å²) in [4.78, 5) is 23.8. The Kier molecular flexibility index (Phi) is 3.68. The van der Waals surface area contributed by atoms with E-state index in [2.05, 4.69) is 20.8 Å². The molecule has 0 saturated heterocycles. The van der Waals surface area contributed by atoms with E-state index in [1.54, 1.807) is 12.4 Å². The van der Waals surface area contributed by atoms with E-state index in [0.717, 1.165) is 11.3 Å². The first-order chi connectivity index (χ1) is 10.2. The molecule has 1 aliphatic rings. The van der Waals surface area contributed by atoms with Gasteiger partial charge in [0, 0.05) is 24.2 Å². The molecule has 0 radical (unpaired) electrons. The summed E-state index contributed by atoms with van der Waals surface area (Å²) in [6.07, 6.45) is 4.68. The van der Waals surface area contributed by atoms with Crippen LogP contribution in [-0.4, -0.2) is 22.0 Å². The number of aromatic nitrogens is 2. The maximum absolute atomic E-state index is 12.0. The van der Waals surface area contributed by atoms with Crippen molar-refractivity contribution in [3.05, 3.63) is 42.2 Å². The molecule has 0 saturated carbocycles. The summed E-state index contributed by atoms with van der Waals surface area (Å²) in [5, 5.41) is 12.0. The largest absolute Gasteiger partial charge is 0.326 e. The standard InChI is InChI=1S/C15H16N4O2/c20-14(18-12-8-16-17-9-12)6-5-11-7-10-3-1-2-4-13(10)19-15(11)21/h1-4,8-9,11H,5-7H2,(H,16,17)(H,18,20)(H,19,21)/t11-/m0/s1. The Bertz CT molecular complexity index is 651. The zero-order chi connectivity index (χ0) is 14.7. The van der Waals surface area contributed by atoms with E-state index in [9.17, 15) is 9.59 Å². The van der Waals surface area contributed by atoms with Crippen LogP contribution in [0.2, 0.25) is 0 Å². The monoisotopic (exact) mass is 284 g/mol. The van der Waals surface area contributed by atoms with Gasteiger partial charge in [0.25, 0.3) is 0 Å². The maximum Gasteiger partial charge on any atom is 0.227 e. The van der Waals surface area contributed by atoms with Crippen LogP contribution in [0.4, 0.5) is 11.4 Å². The van der Waals surface area contributed by atoms with Gasteiger partial charge < -0.3 is 10.6 Å². The first-order valence-corrected chi connectivity index (χ1v) is 6.90. The molecule has 1 aromatic heterocycles. The molecule has 3 N–H and O–H groups in total. The van der Waals surface area contributed by atoms with Crippen LogP contribution in [0.1, 0.15) is 18.4 Å². The molecule has 6 nitrogen and oxygen atoms in total. The number of hydrogen-bond acceptors (Lipinski definition) is 3. The van der Waals surface area contributed by atoms with Gasteiger partial charge in [-0.05, 0) is 24.5 Å². The first-order valence-electron chi connectivity index (χ1n) is 6.90. The number of anilines is 2. The van der Waals surface area contributed by atoms with Crippen molar-refractivity contribution in [1.29, 1.82) is 0 Å². The normalized spacial score (nSPS) is 17.0. The van der Waals surface area contributed by atoms with Gasteiger partial charge in [-0.3, -0.25) is 14.7 Å². The molecule has 0 spiro atoms. The summed E-state index contributed by atoms with van der Waals surface area (Å²) in [7, 11) is 0. The minimum atomic E-state index is -0.157. The maximum atomic E-state index is 12.0. The van der Waals surface area contributed by atoms with Crippen LogP contribution in [0.25, 0.3) is 0 Å². The van der Waals surface area contributed by atoms with Crippen molar-refractivity contribution in [3.63, 3.8) is 0 Å². The predicted molar refractivity (Wildman–Crippen MR) is 78.7 cm³/mol. The number of fused-ring (bicyclic) bond motifs is 1. The fourth-order valence-electron chi connectivity index (χ4n) is 2.49. The van der Waals surface area contributed by atoms with Gasteiger partial charge in [0.2, 0.25) is 11.8 Å². The van der Waals surface area contributed by atoms with Gasteiger partial charge in [-0.2, -0.15) is 5.10 Å². The quantitative estimate of drug-likeness (QED) is 0.801. The van der Waals surface area contributed by atoms with Crippen molar-refractivity contribution in [1.82, 2.24) is 10.2 Å². The minimum absolute atomic E-state index is 0.00943. The number of carbonyl (C=O) groups excluding carboxylic acids is 2. The highest BCUT2D eigenvalue weighted by Gasteiger charge is 2.26. The number of hydrogen-bond donors (Lipinski definition) is 3. The number of carbonyl (C=O) groups is 2. The van der Waals surface area contributed by atoms with E-state index in [1.807, 2.05) is 24.3 Å². The van der Waals surface area contributed by atoms with Gasteiger partial charge in [-0.15, -0.1) is 0 Å². The number of amides is 2. The van der Waals surface area contributed by atoms with E-state index in [1.165, 1.54) is 0 Å². The Labute approximate surface area is 121 Å². The van der Waals surface area contributed by atoms with E-state index < -0.39 is 0 Å². The highest BCUT2D eigenvalue weighted by Crippen LogP contribution is 2.27. The summed E-state index contributed by atoms with van der Waals surface area (Å²) in [5.74, 6) is -0.275. The van der Waals surface area contributed by atoms with Crippen molar-refractivity contribution in [2.45, 2.75) is 19.3 Å². The Morgan fingerprint density at radius 2 is 2.24 bits per heavy atom. The SMILES string of the molecule is O=C(CC[C@H]1Cc2ccccc2NC1=O)Nc1cn[nH]c1. The fraction of sp³-hybridized carbons (Fsp3) is 0.267. The van der Waals surface area contributed by atoms with Crippen molar-refractivity contribution in [2.24, 2.45) is 5.92 Å². The molecule has 1 atom stereocenters. The van der Waals surface area contributed by atoms with Crippen LogP contribution in [-0.2, 0) is 16.0 Å². The van der Waals surface area contributed by atoms with Gasteiger partial charge in [-0.1, -0.05) is 18.2 Å². The van der Waals surface area contributed by atoms with E-state index >= 15 is 0 Å². The highest BCUT2D eigenvalue weighted by atomic mass is 16.2. The number of rotatable bonds is 4. The third-order valence-electron chi connectivity index (χ3n) is 3.61. The van der Waals surface area contributed by atoms with Gasteiger partial charge >= 0.3 is 0 Å². The smallest absolute Gasteiger partial charge is 0.227 e. The number of H-pyrrole nitrogens is 1. The van der Waals surface area contributed by atoms with Crippen LogP contribution in [0.3, 0.4) is 0 Å². The number of para-hydroxylation sites is 1. The predicted octanol–water partition coefficient (Wildman–Crippen LogP) is 1.94. The molecule has 108 valence electrons. The molecule has 0 aliphatic carbocycles. The second-order valence-electron chi connectivity index (χ2n) is 5.12. The summed E-state index contributed by atoms with van der Waals surface area (Å²) >= 11 is 0. The lowest BCUT2D eigenvalue weighted by atomic mass is 9.89. The van der Waals surface area contributed by atoms with E-state index in [0.29, 0.717) is 24.9 Å². The van der Waals surface area contributed by atoms with Crippen molar-refractivity contribution in [2.75, 3.05) is 10.6 Å². The second kappa shape index (κ2) is 5.78. The lowest BCUT2D eigenvalue weighted by Gasteiger charge is -2.24. The Morgan fingerprint density at radius 3 is 3.05 bits per heavy atom. The Balaban J connectivity index is 1.56. The summed E-state index contributed by atoms with van der Waals surface area (Å²) in [6, 6.07) is 7.76. The Morgan fingerprint density at radius 1 is 1.38 bits per heavy atom. The molecule has 6 heteroatoms. The third kappa shape index (κ3) is 3.10. The third-order valence-corrected chi connectivity index (χ3v) is 3.61. The molecule has 2 heterocycles. The summed E-state index contributed by atoms with van der Waals surface area (Å²) < 4.78 is 0. The molecule has 0 fully saturated rings. The molecule has 2 amide bonds. The second-order valence-corrected chi connectivity index (χ2v) is 5.12. The van der Waals surface area contributed by atoms with Gasteiger partial charge in [-0.25, -0.2) is 0 Å². The van der Waals surface area contributed by atoms with Crippen LogP contribution in [0.15, 0.2) is 36.7 Å². The number of nitrogens with zero attached hydrogens (tertiary/aromatic N) is 1. The molecule has 21 heavy (non-hydrogen) atoms. The lowest BCUT2D eigenvalue weighted by Crippen LogP contribution is -2.30. The lowest BCUT2D eigenvalue weighted by molar-refractivity contribution is -0.121. The van der Waals surface area contributed by atoms with Crippen molar-refractivity contribution < 1.29 is 9.59 Å². The summed E-state index contributed by atoms with van der Waals surface area (Å²) in [5.41, 5.74) is 2.64. The fourth-order valence-corrected chi connectivity index (χ4v) is 2.49. The molecule has 1 aliphatic heterocycles. The topological polar surface area (TPSA) is 86.9 Å². The average molecular weight is 284 g/mol. The van der Waals surface area contributed by atoms with Gasteiger partial charge in [0.1, 0.15) is 0 Å². The zero-order valence-electron chi connectivity index (χ0n) is 11.4. The van der Waals surface area contributed by atoms with E-state index in [-0.39, 0.29) is 17.7 Å². The van der Waals surface area contributed by atoms with Crippen LogP contribution in [0.5, 0.6) is 0 Å². The molecular formula is C15H16N4O2. The van der Waals surface area contributed by atoms with Crippen molar-refractivity contribution in [3.8, 4) is 0 Å². The zero-order valence-corrected chi connectivity index (χ0v) is 11.4. The van der Waals surface area contributed by atoms with Crippen LogP contribution in [0, 0.1) is 5.92 Å². The molecule has 1 aromatic carbocycles. The van der Waals surface area contributed by atoms with E-state index in [4.69, 9.17) is 0 Å². The molecular weight excluding hydrogens is 268 g/mol. The van der Waals surface area contributed by atoms with Crippen LogP contribution < -0.4 is 10.6 Å². The average Bonchev–Trinajstić information content (AvgIpc) is 2.98. The van der Waals surface area contributed by atoms with Gasteiger partial charge in [0.15, 0.2) is 0 Å². The number of nitrogens with one attached hydrogen (secondary N) is 3. The highest BCUT2D eigenvalue weighted by molar-refractivity contribution is 5.96. The minimum Gasteiger partial charge on any atom is -0.326 e.